The molecule has 0 aliphatic rings. The van der Waals surface area contributed by atoms with Gasteiger partial charge in [0.2, 0.25) is 0 Å². The molecule has 0 spiro atoms. The third-order valence-electron chi connectivity index (χ3n) is 1.68. The van der Waals surface area contributed by atoms with Crippen molar-refractivity contribution in [2.24, 2.45) is 5.73 Å². The van der Waals surface area contributed by atoms with Gasteiger partial charge in [-0.2, -0.15) is 0 Å². The van der Waals surface area contributed by atoms with Crippen LogP contribution in [0.1, 0.15) is 11.6 Å². The van der Waals surface area contributed by atoms with Gasteiger partial charge in [-0.05, 0) is 17.7 Å². The van der Waals surface area contributed by atoms with Gasteiger partial charge in [0.1, 0.15) is 11.8 Å². The Balaban J connectivity index is 0.00000169. The van der Waals surface area contributed by atoms with Gasteiger partial charge < -0.3 is 15.6 Å². The first-order chi connectivity index (χ1) is 6.15. The third-order valence-corrected chi connectivity index (χ3v) is 1.68. The molecule has 0 amide bonds. The van der Waals surface area contributed by atoms with Crippen molar-refractivity contribution in [2.45, 2.75) is 6.04 Å². The molecule has 14 heavy (non-hydrogen) atoms. The van der Waals surface area contributed by atoms with Crippen LogP contribution in [0, 0.1) is 0 Å². The number of hydrogen-bond donors (Lipinski definition) is 2. The van der Waals surface area contributed by atoms with Gasteiger partial charge in [-0.1, -0.05) is 12.1 Å². The van der Waals surface area contributed by atoms with Crippen molar-refractivity contribution in [3.05, 3.63) is 29.8 Å². The standard InChI is InChI=1S/C9H11NO3.ClH/c1-13-9(12)8(10)6-3-2-4-7(11)5-6;/h2-5,8,11H,10H2,1H3;1H/t8-;/m0./s1. The number of hydrogen-bond acceptors (Lipinski definition) is 4. The number of rotatable bonds is 2. The molecule has 0 heterocycles. The SMILES string of the molecule is COC(=O)[C@@H](N)c1cccc(O)c1.Cl. The number of carbonyl (C=O) groups is 1. The number of benzene rings is 1. The topological polar surface area (TPSA) is 72.5 Å². The largest absolute Gasteiger partial charge is 0.508 e. The molecule has 0 aromatic heterocycles. The van der Waals surface area contributed by atoms with Crippen molar-refractivity contribution < 1.29 is 14.6 Å². The molecule has 0 aliphatic carbocycles. The number of methoxy groups -OCH3 is 1. The highest BCUT2D eigenvalue weighted by atomic mass is 35.5. The zero-order valence-corrected chi connectivity index (χ0v) is 8.45. The molecular weight excluding hydrogens is 206 g/mol. The molecule has 0 radical (unpaired) electrons. The highest BCUT2D eigenvalue weighted by Gasteiger charge is 2.15. The van der Waals surface area contributed by atoms with Crippen LogP contribution in [-0.2, 0) is 9.53 Å². The summed E-state index contributed by atoms with van der Waals surface area (Å²) in [6.45, 7) is 0. The molecule has 1 aromatic rings. The van der Waals surface area contributed by atoms with Crippen molar-refractivity contribution in [1.29, 1.82) is 0 Å². The Morgan fingerprint density at radius 3 is 2.71 bits per heavy atom. The van der Waals surface area contributed by atoms with Crippen LogP contribution in [0.3, 0.4) is 0 Å². The molecule has 1 rings (SSSR count). The summed E-state index contributed by atoms with van der Waals surface area (Å²) in [6, 6.07) is 5.38. The maximum atomic E-state index is 11.0. The van der Waals surface area contributed by atoms with Crippen LogP contribution in [0.2, 0.25) is 0 Å². The monoisotopic (exact) mass is 217 g/mol. The van der Waals surface area contributed by atoms with Crippen LogP contribution in [0.5, 0.6) is 5.75 Å². The quantitative estimate of drug-likeness (QED) is 0.725. The molecule has 0 saturated heterocycles. The summed E-state index contributed by atoms with van der Waals surface area (Å²) < 4.78 is 4.46. The molecule has 4 nitrogen and oxygen atoms in total. The predicted octanol–water partition coefficient (Wildman–Crippen LogP) is 0.987. The highest BCUT2D eigenvalue weighted by molar-refractivity contribution is 5.85. The highest BCUT2D eigenvalue weighted by Crippen LogP contribution is 2.16. The second kappa shape index (κ2) is 5.47. The maximum Gasteiger partial charge on any atom is 0.327 e. The lowest BCUT2D eigenvalue weighted by Gasteiger charge is -2.08. The van der Waals surface area contributed by atoms with Gasteiger partial charge in [-0.25, -0.2) is 0 Å². The molecule has 0 aliphatic heterocycles. The fourth-order valence-electron chi connectivity index (χ4n) is 0.981. The first-order valence-corrected chi connectivity index (χ1v) is 3.77. The summed E-state index contributed by atoms with van der Waals surface area (Å²) >= 11 is 0. The fourth-order valence-corrected chi connectivity index (χ4v) is 0.981. The first kappa shape index (κ1) is 12.7. The van der Waals surface area contributed by atoms with Crippen LogP contribution in [0.25, 0.3) is 0 Å². The summed E-state index contributed by atoms with van der Waals surface area (Å²) in [7, 11) is 1.27. The molecule has 0 bridgehead atoms. The Bertz CT molecular complexity index is 317. The zero-order chi connectivity index (χ0) is 9.84. The molecule has 1 aromatic carbocycles. The Morgan fingerprint density at radius 1 is 1.57 bits per heavy atom. The molecule has 0 unspecified atom stereocenters. The maximum absolute atomic E-state index is 11.0. The van der Waals surface area contributed by atoms with Gasteiger partial charge in [0, 0.05) is 0 Å². The van der Waals surface area contributed by atoms with E-state index >= 15 is 0 Å². The number of carbonyl (C=O) groups excluding carboxylic acids is 1. The lowest BCUT2D eigenvalue weighted by molar-refractivity contribution is -0.142. The first-order valence-electron chi connectivity index (χ1n) is 3.77. The van der Waals surface area contributed by atoms with Gasteiger partial charge in [0.15, 0.2) is 0 Å². The lowest BCUT2D eigenvalue weighted by atomic mass is 10.1. The van der Waals surface area contributed by atoms with Crippen LogP contribution >= 0.6 is 12.4 Å². The van der Waals surface area contributed by atoms with Crippen LogP contribution in [0.4, 0.5) is 0 Å². The fraction of sp³-hybridized carbons (Fsp3) is 0.222. The van der Waals surface area contributed by atoms with Gasteiger partial charge in [0.25, 0.3) is 0 Å². The van der Waals surface area contributed by atoms with E-state index in [1.54, 1.807) is 12.1 Å². The average Bonchev–Trinajstić information content (AvgIpc) is 2.15. The predicted molar refractivity (Wildman–Crippen MR) is 54.3 cm³/mol. The van der Waals surface area contributed by atoms with E-state index < -0.39 is 12.0 Å². The average molecular weight is 218 g/mol. The van der Waals surface area contributed by atoms with Crippen LogP contribution in [0.15, 0.2) is 24.3 Å². The Kier molecular flexibility index (Phi) is 4.97. The second-order valence-electron chi connectivity index (χ2n) is 2.60. The molecule has 78 valence electrons. The number of aromatic hydroxyl groups is 1. The minimum Gasteiger partial charge on any atom is -0.508 e. The number of halogens is 1. The smallest absolute Gasteiger partial charge is 0.327 e. The van der Waals surface area contributed by atoms with Crippen LogP contribution in [-0.4, -0.2) is 18.2 Å². The second-order valence-corrected chi connectivity index (χ2v) is 2.60. The van der Waals surface area contributed by atoms with Crippen molar-refractivity contribution in [3.8, 4) is 5.75 Å². The third kappa shape index (κ3) is 2.90. The van der Waals surface area contributed by atoms with Crippen molar-refractivity contribution in [3.63, 3.8) is 0 Å². The molecule has 5 heteroatoms. The van der Waals surface area contributed by atoms with E-state index in [1.165, 1.54) is 19.2 Å². The van der Waals surface area contributed by atoms with E-state index in [9.17, 15) is 4.79 Å². The van der Waals surface area contributed by atoms with Gasteiger partial charge in [-0.3, -0.25) is 4.79 Å². The molecule has 3 N–H and O–H groups in total. The zero-order valence-electron chi connectivity index (χ0n) is 7.64. The van der Waals surface area contributed by atoms with Gasteiger partial charge in [-0.15, -0.1) is 12.4 Å². The van der Waals surface area contributed by atoms with E-state index in [0.29, 0.717) is 5.56 Å². The van der Waals surface area contributed by atoms with Crippen molar-refractivity contribution in [2.75, 3.05) is 7.11 Å². The van der Waals surface area contributed by atoms with Gasteiger partial charge >= 0.3 is 5.97 Å². The Morgan fingerprint density at radius 2 is 2.21 bits per heavy atom. The molecule has 0 saturated carbocycles. The normalized spacial score (nSPS) is 11.3. The number of nitrogens with two attached hydrogens (primary N) is 1. The minimum absolute atomic E-state index is 0. The number of phenols is 1. The summed E-state index contributed by atoms with van der Waals surface area (Å²) in [5, 5.41) is 9.11. The summed E-state index contributed by atoms with van der Waals surface area (Å²) in [5.74, 6) is -0.442. The van der Waals surface area contributed by atoms with E-state index in [0.717, 1.165) is 0 Å². The molecule has 0 fully saturated rings. The Labute approximate surface area is 88.1 Å². The lowest BCUT2D eigenvalue weighted by Crippen LogP contribution is -2.22. The van der Waals surface area contributed by atoms with E-state index in [4.69, 9.17) is 10.8 Å². The summed E-state index contributed by atoms with van der Waals surface area (Å²) in [5.41, 5.74) is 6.07. The summed E-state index contributed by atoms with van der Waals surface area (Å²) in [4.78, 5) is 11.0. The molecule has 1 atom stereocenters. The van der Waals surface area contributed by atoms with E-state index in [-0.39, 0.29) is 18.2 Å². The Hall–Kier alpha value is -1.26. The van der Waals surface area contributed by atoms with E-state index in [1.807, 2.05) is 0 Å². The van der Waals surface area contributed by atoms with Crippen molar-refractivity contribution >= 4 is 18.4 Å². The number of phenolic OH excluding ortho intramolecular Hbond substituents is 1. The van der Waals surface area contributed by atoms with E-state index in [2.05, 4.69) is 4.74 Å². The van der Waals surface area contributed by atoms with Gasteiger partial charge in [0.05, 0.1) is 7.11 Å². The minimum atomic E-state index is -0.836. The van der Waals surface area contributed by atoms with Crippen molar-refractivity contribution in [1.82, 2.24) is 0 Å². The summed E-state index contributed by atoms with van der Waals surface area (Å²) in [6.07, 6.45) is 0. The number of ether oxygens (including phenoxy) is 1. The van der Waals surface area contributed by atoms with Crippen LogP contribution < -0.4 is 5.73 Å². The molecular formula is C9H12ClNO3. The number of esters is 1.